The van der Waals surface area contributed by atoms with Crippen molar-refractivity contribution in [1.29, 1.82) is 0 Å². The van der Waals surface area contributed by atoms with Crippen LogP contribution in [0.3, 0.4) is 0 Å². The molecule has 1 aliphatic rings. The molecule has 0 spiro atoms. The molecule has 112 valence electrons. The third-order valence-electron chi connectivity index (χ3n) is 3.44. The third kappa shape index (κ3) is 4.72. The van der Waals surface area contributed by atoms with E-state index in [9.17, 15) is 9.59 Å². The van der Waals surface area contributed by atoms with Crippen LogP contribution in [0.5, 0.6) is 0 Å². The predicted molar refractivity (Wildman–Crippen MR) is 78.7 cm³/mol. The molecular formula is C16H19NO4. The van der Waals surface area contributed by atoms with Crippen LogP contribution in [-0.2, 0) is 14.3 Å². The van der Waals surface area contributed by atoms with Gasteiger partial charge in [0.25, 0.3) is 0 Å². The number of rotatable bonds is 5. The average molecular weight is 289 g/mol. The summed E-state index contributed by atoms with van der Waals surface area (Å²) in [6.07, 6.45) is 4.50. The second kappa shape index (κ2) is 7.59. The van der Waals surface area contributed by atoms with Gasteiger partial charge in [0.2, 0.25) is 5.91 Å². The fourth-order valence-corrected chi connectivity index (χ4v) is 2.36. The van der Waals surface area contributed by atoms with Gasteiger partial charge in [-0.3, -0.25) is 9.59 Å². The van der Waals surface area contributed by atoms with Crippen LogP contribution in [0.2, 0.25) is 0 Å². The van der Waals surface area contributed by atoms with Crippen LogP contribution in [0.15, 0.2) is 36.4 Å². The smallest absolute Gasteiger partial charge is 0.323 e. The van der Waals surface area contributed by atoms with E-state index in [2.05, 4.69) is 0 Å². The van der Waals surface area contributed by atoms with Crippen molar-refractivity contribution in [3.05, 3.63) is 42.0 Å². The van der Waals surface area contributed by atoms with Gasteiger partial charge in [-0.1, -0.05) is 30.3 Å². The van der Waals surface area contributed by atoms with Crippen LogP contribution >= 0.6 is 0 Å². The molecule has 0 atom stereocenters. The molecule has 21 heavy (non-hydrogen) atoms. The van der Waals surface area contributed by atoms with Crippen LogP contribution in [0.4, 0.5) is 0 Å². The molecule has 1 aliphatic heterocycles. The van der Waals surface area contributed by atoms with E-state index >= 15 is 0 Å². The number of carbonyl (C=O) groups excluding carboxylic acids is 1. The van der Waals surface area contributed by atoms with Crippen molar-refractivity contribution in [2.45, 2.75) is 18.9 Å². The third-order valence-corrected chi connectivity index (χ3v) is 3.44. The van der Waals surface area contributed by atoms with E-state index in [1.54, 1.807) is 6.08 Å². The fourth-order valence-electron chi connectivity index (χ4n) is 2.36. The first-order valence-electron chi connectivity index (χ1n) is 7.00. The van der Waals surface area contributed by atoms with E-state index in [0.29, 0.717) is 26.1 Å². The number of benzene rings is 1. The number of amides is 1. The number of nitrogens with zero attached hydrogens (tertiary/aromatic N) is 1. The predicted octanol–water partition coefficient (Wildman–Crippen LogP) is 1.79. The second-order valence-electron chi connectivity index (χ2n) is 4.95. The van der Waals surface area contributed by atoms with E-state index < -0.39 is 5.97 Å². The number of carboxylic acids is 1. The molecule has 0 aliphatic carbocycles. The van der Waals surface area contributed by atoms with Crippen molar-refractivity contribution >= 4 is 18.0 Å². The van der Waals surface area contributed by atoms with Gasteiger partial charge in [0.15, 0.2) is 0 Å². The lowest BCUT2D eigenvalue weighted by atomic mass is 10.1. The number of ether oxygens (including phenoxy) is 1. The summed E-state index contributed by atoms with van der Waals surface area (Å²) >= 11 is 0. The first-order chi connectivity index (χ1) is 10.2. The molecule has 1 saturated heterocycles. The number of carboxylic acid groups (broad SMARTS) is 1. The van der Waals surface area contributed by atoms with E-state index in [-0.39, 0.29) is 18.5 Å². The topological polar surface area (TPSA) is 66.8 Å². The van der Waals surface area contributed by atoms with Gasteiger partial charge in [0.05, 0.1) is 0 Å². The first-order valence-corrected chi connectivity index (χ1v) is 7.00. The lowest BCUT2D eigenvalue weighted by Gasteiger charge is -2.32. The average Bonchev–Trinajstić information content (AvgIpc) is 2.52. The number of hydrogen-bond donors (Lipinski definition) is 1. The molecule has 2 rings (SSSR count). The van der Waals surface area contributed by atoms with E-state index in [1.807, 2.05) is 30.3 Å². The van der Waals surface area contributed by atoms with E-state index in [4.69, 9.17) is 9.84 Å². The SMILES string of the molecule is O=C(O)CN(C(=O)C=Cc1ccccc1)C1CCOCC1. The summed E-state index contributed by atoms with van der Waals surface area (Å²) in [6.45, 7) is 0.857. The summed E-state index contributed by atoms with van der Waals surface area (Å²) in [4.78, 5) is 24.7. The molecule has 0 saturated carbocycles. The monoisotopic (exact) mass is 289 g/mol. The molecule has 1 amide bonds. The van der Waals surface area contributed by atoms with Gasteiger partial charge < -0.3 is 14.7 Å². The molecule has 1 aromatic carbocycles. The van der Waals surface area contributed by atoms with Gasteiger partial charge in [-0.15, -0.1) is 0 Å². The highest BCUT2D eigenvalue weighted by atomic mass is 16.5. The maximum Gasteiger partial charge on any atom is 0.323 e. The minimum absolute atomic E-state index is 0.0669. The molecule has 1 fully saturated rings. The van der Waals surface area contributed by atoms with Gasteiger partial charge >= 0.3 is 5.97 Å². The fraction of sp³-hybridized carbons (Fsp3) is 0.375. The van der Waals surface area contributed by atoms with Gasteiger partial charge in [-0.2, -0.15) is 0 Å². The number of carbonyl (C=O) groups is 2. The molecule has 1 N–H and O–H groups in total. The van der Waals surface area contributed by atoms with Crippen molar-refractivity contribution in [2.24, 2.45) is 0 Å². The zero-order chi connectivity index (χ0) is 15.1. The van der Waals surface area contributed by atoms with Crippen LogP contribution in [0.1, 0.15) is 18.4 Å². The molecule has 1 heterocycles. The largest absolute Gasteiger partial charge is 0.480 e. The Kier molecular flexibility index (Phi) is 5.51. The minimum atomic E-state index is -0.997. The summed E-state index contributed by atoms with van der Waals surface area (Å²) in [7, 11) is 0. The highest BCUT2D eigenvalue weighted by Crippen LogP contribution is 2.15. The molecule has 1 aromatic rings. The van der Waals surface area contributed by atoms with Crippen molar-refractivity contribution in [3.63, 3.8) is 0 Å². The molecule has 5 heteroatoms. The van der Waals surface area contributed by atoms with Crippen molar-refractivity contribution in [3.8, 4) is 0 Å². The Morgan fingerprint density at radius 3 is 2.52 bits per heavy atom. The van der Waals surface area contributed by atoms with Crippen molar-refractivity contribution in [2.75, 3.05) is 19.8 Å². The minimum Gasteiger partial charge on any atom is -0.480 e. The quantitative estimate of drug-likeness (QED) is 0.839. The normalized spacial score (nSPS) is 16.0. The maximum absolute atomic E-state index is 12.3. The Morgan fingerprint density at radius 1 is 1.24 bits per heavy atom. The van der Waals surface area contributed by atoms with Crippen LogP contribution in [0, 0.1) is 0 Å². The summed E-state index contributed by atoms with van der Waals surface area (Å²) < 4.78 is 5.26. The molecule has 0 radical (unpaired) electrons. The van der Waals surface area contributed by atoms with Gasteiger partial charge in [0, 0.05) is 25.3 Å². The van der Waals surface area contributed by atoms with Gasteiger partial charge in [0.1, 0.15) is 6.54 Å². The number of hydrogen-bond acceptors (Lipinski definition) is 3. The highest BCUT2D eigenvalue weighted by molar-refractivity contribution is 5.93. The van der Waals surface area contributed by atoms with E-state index in [1.165, 1.54) is 11.0 Å². The van der Waals surface area contributed by atoms with Crippen molar-refractivity contribution < 1.29 is 19.4 Å². The molecule has 0 bridgehead atoms. The summed E-state index contributed by atoms with van der Waals surface area (Å²) in [5.74, 6) is -1.27. The van der Waals surface area contributed by atoms with Crippen LogP contribution < -0.4 is 0 Å². The van der Waals surface area contributed by atoms with Crippen LogP contribution in [0.25, 0.3) is 6.08 Å². The zero-order valence-corrected chi connectivity index (χ0v) is 11.8. The Labute approximate surface area is 123 Å². The highest BCUT2D eigenvalue weighted by Gasteiger charge is 2.26. The maximum atomic E-state index is 12.3. The lowest BCUT2D eigenvalue weighted by molar-refractivity contribution is -0.145. The molecule has 5 nitrogen and oxygen atoms in total. The molecular weight excluding hydrogens is 270 g/mol. The molecule has 0 aromatic heterocycles. The summed E-state index contributed by atoms with van der Waals surface area (Å²) in [5, 5.41) is 9.00. The first kappa shape index (κ1) is 15.3. The van der Waals surface area contributed by atoms with Gasteiger partial charge in [-0.25, -0.2) is 0 Å². The Bertz CT molecular complexity index is 506. The van der Waals surface area contributed by atoms with Gasteiger partial charge in [-0.05, 0) is 24.5 Å². The van der Waals surface area contributed by atoms with Crippen molar-refractivity contribution in [1.82, 2.24) is 4.90 Å². The standard InChI is InChI=1S/C16H19NO4/c18-15(7-6-13-4-2-1-3-5-13)17(12-16(19)20)14-8-10-21-11-9-14/h1-7,14H,8-12H2,(H,19,20). The number of aliphatic carboxylic acids is 1. The Morgan fingerprint density at radius 2 is 1.90 bits per heavy atom. The zero-order valence-electron chi connectivity index (χ0n) is 11.8. The Balaban J connectivity index is 2.06. The summed E-state index contributed by atoms with van der Waals surface area (Å²) in [6, 6.07) is 9.38. The lowest BCUT2D eigenvalue weighted by Crippen LogP contribution is -2.45. The summed E-state index contributed by atoms with van der Waals surface area (Å²) in [5.41, 5.74) is 0.910. The second-order valence-corrected chi connectivity index (χ2v) is 4.95. The van der Waals surface area contributed by atoms with E-state index in [0.717, 1.165) is 5.56 Å². The Hall–Kier alpha value is -2.14. The van der Waals surface area contributed by atoms with Crippen LogP contribution in [-0.4, -0.2) is 47.7 Å². The molecule has 0 unspecified atom stereocenters.